The average Bonchev–Trinajstić information content (AvgIpc) is 3.09. The summed E-state index contributed by atoms with van der Waals surface area (Å²) in [7, 11) is 1.71. The van der Waals surface area contributed by atoms with Gasteiger partial charge in [0.25, 0.3) is 0 Å². The molecule has 0 spiro atoms. The van der Waals surface area contributed by atoms with Crippen molar-refractivity contribution >= 4 is 5.96 Å². The summed E-state index contributed by atoms with van der Waals surface area (Å²) in [4.78, 5) is 4.70. The van der Waals surface area contributed by atoms with Crippen molar-refractivity contribution in [3.8, 4) is 5.75 Å². The van der Waals surface area contributed by atoms with E-state index in [4.69, 9.17) is 9.73 Å². The SMILES string of the molecule is CCNC(=NCc1nnc2n1CCCC2)NCCc1cc(C)ccc1OC. The molecule has 27 heavy (non-hydrogen) atoms. The number of hydrogen-bond donors (Lipinski definition) is 2. The summed E-state index contributed by atoms with van der Waals surface area (Å²) < 4.78 is 7.68. The molecule has 7 heteroatoms. The fourth-order valence-electron chi connectivity index (χ4n) is 3.40. The number of aryl methyl sites for hydroxylation is 2. The molecule has 0 atom stereocenters. The number of nitrogens with one attached hydrogen (secondary N) is 2. The number of ether oxygens (including phenoxy) is 1. The third-order valence-corrected chi connectivity index (χ3v) is 4.78. The quantitative estimate of drug-likeness (QED) is 0.577. The van der Waals surface area contributed by atoms with Crippen LogP contribution in [0, 0.1) is 6.92 Å². The van der Waals surface area contributed by atoms with Crippen LogP contribution in [-0.4, -0.2) is 40.9 Å². The molecule has 0 unspecified atom stereocenters. The first kappa shape index (κ1) is 19.2. The number of aromatic nitrogens is 3. The molecule has 2 N–H and O–H groups in total. The molecular weight excluding hydrogens is 340 g/mol. The van der Waals surface area contributed by atoms with Gasteiger partial charge in [-0.25, -0.2) is 4.99 Å². The third kappa shape index (κ3) is 4.99. The number of nitrogens with zero attached hydrogens (tertiary/aromatic N) is 4. The van der Waals surface area contributed by atoms with Crippen molar-refractivity contribution in [3.63, 3.8) is 0 Å². The zero-order valence-corrected chi connectivity index (χ0v) is 16.6. The molecule has 1 aliphatic heterocycles. The van der Waals surface area contributed by atoms with Crippen molar-refractivity contribution in [1.29, 1.82) is 0 Å². The Kier molecular flexibility index (Phi) is 6.68. The summed E-state index contributed by atoms with van der Waals surface area (Å²) in [6, 6.07) is 6.27. The summed E-state index contributed by atoms with van der Waals surface area (Å²) in [5.74, 6) is 3.77. The van der Waals surface area contributed by atoms with Gasteiger partial charge in [-0.2, -0.15) is 0 Å². The van der Waals surface area contributed by atoms with Gasteiger partial charge < -0.3 is 19.9 Å². The topological polar surface area (TPSA) is 76.4 Å². The Labute approximate surface area is 161 Å². The van der Waals surface area contributed by atoms with E-state index in [-0.39, 0.29) is 0 Å². The fourth-order valence-corrected chi connectivity index (χ4v) is 3.40. The second kappa shape index (κ2) is 9.39. The van der Waals surface area contributed by atoms with Crippen molar-refractivity contribution in [2.45, 2.75) is 52.6 Å². The van der Waals surface area contributed by atoms with Crippen LogP contribution in [0.5, 0.6) is 5.75 Å². The Morgan fingerprint density at radius 2 is 2.15 bits per heavy atom. The first-order valence-corrected chi connectivity index (χ1v) is 9.78. The van der Waals surface area contributed by atoms with E-state index < -0.39 is 0 Å². The van der Waals surface area contributed by atoms with E-state index in [1.165, 1.54) is 24.0 Å². The van der Waals surface area contributed by atoms with E-state index in [1.54, 1.807) is 7.11 Å². The predicted octanol–water partition coefficient (Wildman–Crippen LogP) is 2.23. The first-order chi connectivity index (χ1) is 13.2. The van der Waals surface area contributed by atoms with E-state index in [0.29, 0.717) is 6.54 Å². The lowest BCUT2D eigenvalue weighted by molar-refractivity contribution is 0.409. The zero-order valence-electron chi connectivity index (χ0n) is 16.6. The number of methoxy groups -OCH3 is 1. The third-order valence-electron chi connectivity index (χ3n) is 4.78. The second-order valence-corrected chi connectivity index (χ2v) is 6.83. The van der Waals surface area contributed by atoms with Crippen LogP contribution in [0.15, 0.2) is 23.2 Å². The Morgan fingerprint density at radius 3 is 2.96 bits per heavy atom. The van der Waals surface area contributed by atoms with Gasteiger partial charge in [0, 0.05) is 26.1 Å². The second-order valence-electron chi connectivity index (χ2n) is 6.83. The average molecular weight is 371 g/mol. The molecule has 0 bridgehead atoms. The number of guanidine groups is 1. The molecule has 7 nitrogen and oxygen atoms in total. The lowest BCUT2D eigenvalue weighted by atomic mass is 10.1. The van der Waals surface area contributed by atoms with Gasteiger partial charge in [-0.15, -0.1) is 10.2 Å². The van der Waals surface area contributed by atoms with E-state index in [2.05, 4.69) is 51.4 Å². The van der Waals surface area contributed by atoms with Crippen LogP contribution in [0.4, 0.5) is 0 Å². The van der Waals surface area contributed by atoms with E-state index in [1.807, 2.05) is 6.07 Å². The Hall–Kier alpha value is -2.57. The van der Waals surface area contributed by atoms with Gasteiger partial charge in [-0.05, 0) is 44.7 Å². The highest BCUT2D eigenvalue weighted by Gasteiger charge is 2.15. The van der Waals surface area contributed by atoms with Gasteiger partial charge in [0.15, 0.2) is 11.8 Å². The van der Waals surface area contributed by atoms with Crippen molar-refractivity contribution in [2.75, 3.05) is 20.2 Å². The minimum Gasteiger partial charge on any atom is -0.496 e. The molecule has 2 aromatic rings. The van der Waals surface area contributed by atoms with Gasteiger partial charge in [0.2, 0.25) is 0 Å². The zero-order chi connectivity index (χ0) is 19.1. The number of benzene rings is 1. The molecule has 0 radical (unpaired) electrons. The molecule has 0 saturated heterocycles. The largest absolute Gasteiger partial charge is 0.496 e. The van der Waals surface area contributed by atoms with Gasteiger partial charge >= 0.3 is 0 Å². The van der Waals surface area contributed by atoms with Gasteiger partial charge in [-0.1, -0.05) is 17.7 Å². The summed E-state index contributed by atoms with van der Waals surface area (Å²) >= 11 is 0. The van der Waals surface area contributed by atoms with Crippen molar-refractivity contribution < 1.29 is 4.74 Å². The van der Waals surface area contributed by atoms with Crippen LogP contribution in [0.1, 0.15) is 42.5 Å². The fraction of sp³-hybridized carbons (Fsp3) is 0.550. The standard InChI is InChI=1S/C20H30N6O/c1-4-21-20(22-11-10-16-13-15(2)8-9-17(16)27-3)23-14-19-25-24-18-7-5-6-12-26(18)19/h8-9,13H,4-7,10-12,14H2,1-3H3,(H2,21,22,23). The van der Waals surface area contributed by atoms with Crippen LogP contribution in [0.3, 0.4) is 0 Å². The lowest BCUT2D eigenvalue weighted by Crippen LogP contribution is -2.38. The highest BCUT2D eigenvalue weighted by Crippen LogP contribution is 2.19. The monoisotopic (exact) mass is 370 g/mol. The van der Waals surface area contributed by atoms with Crippen LogP contribution in [-0.2, 0) is 25.9 Å². The number of fused-ring (bicyclic) bond motifs is 1. The Balaban J connectivity index is 1.60. The normalized spacial score (nSPS) is 14.0. The number of hydrogen-bond acceptors (Lipinski definition) is 4. The van der Waals surface area contributed by atoms with Crippen LogP contribution < -0.4 is 15.4 Å². The highest BCUT2D eigenvalue weighted by molar-refractivity contribution is 5.79. The van der Waals surface area contributed by atoms with Gasteiger partial charge in [-0.3, -0.25) is 0 Å². The number of rotatable bonds is 7. The summed E-state index contributed by atoms with van der Waals surface area (Å²) in [5, 5.41) is 15.3. The highest BCUT2D eigenvalue weighted by atomic mass is 16.5. The minimum absolute atomic E-state index is 0.538. The number of aliphatic imine (C=N–C) groups is 1. The maximum Gasteiger partial charge on any atom is 0.191 e. The predicted molar refractivity (Wildman–Crippen MR) is 107 cm³/mol. The summed E-state index contributed by atoms with van der Waals surface area (Å²) in [6.07, 6.45) is 4.29. The maximum absolute atomic E-state index is 5.46. The summed E-state index contributed by atoms with van der Waals surface area (Å²) in [6.45, 7) is 7.31. The smallest absolute Gasteiger partial charge is 0.191 e. The van der Waals surface area contributed by atoms with Gasteiger partial charge in [0.05, 0.1) is 7.11 Å². The molecule has 0 fully saturated rings. The molecule has 146 valence electrons. The molecule has 1 aromatic heterocycles. The molecule has 0 aliphatic carbocycles. The summed E-state index contributed by atoms with van der Waals surface area (Å²) in [5.41, 5.74) is 2.44. The Bertz CT molecular complexity index is 783. The van der Waals surface area contributed by atoms with Crippen LogP contribution in [0.25, 0.3) is 0 Å². The maximum atomic E-state index is 5.46. The Morgan fingerprint density at radius 1 is 1.26 bits per heavy atom. The molecule has 1 aliphatic rings. The van der Waals surface area contributed by atoms with E-state index >= 15 is 0 Å². The molecular formula is C20H30N6O. The molecule has 1 aromatic carbocycles. The first-order valence-electron chi connectivity index (χ1n) is 9.78. The molecule has 0 amide bonds. The van der Waals surface area contributed by atoms with Crippen molar-refractivity contribution in [1.82, 2.24) is 25.4 Å². The van der Waals surface area contributed by atoms with E-state index in [9.17, 15) is 0 Å². The van der Waals surface area contributed by atoms with Crippen molar-refractivity contribution in [3.05, 3.63) is 41.0 Å². The van der Waals surface area contributed by atoms with Gasteiger partial charge in [0.1, 0.15) is 18.1 Å². The minimum atomic E-state index is 0.538. The van der Waals surface area contributed by atoms with Crippen molar-refractivity contribution in [2.24, 2.45) is 4.99 Å². The molecule has 3 rings (SSSR count). The molecule has 0 saturated carbocycles. The van der Waals surface area contributed by atoms with Crippen LogP contribution in [0.2, 0.25) is 0 Å². The lowest BCUT2D eigenvalue weighted by Gasteiger charge is -2.15. The molecule has 2 heterocycles. The van der Waals surface area contributed by atoms with Crippen LogP contribution >= 0.6 is 0 Å². The van der Waals surface area contributed by atoms with E-state index in [0.717, 1.165) is 55.8 Å².